The molecule has 0 aliphatic carbocycles. The molecule has 1 N–H and O–H groups in total. The van der Waals surface area contributed by atoms with Gasteiger partial charge in [0.15, 0.2) is 5.82 Å². The van der Waals surface area contributed by atoms with E-state index in [1.807, 2.05) is 30.3 Å². The van der Waals surface area contributed by atoms with Crippen molar-refractivity contribution < 1.29 is 4.52 Å². The lowest BCUT2D eigenvalue weighted by Gasteiger charge is -2.10. The molecule has 0 unspecified atom stereocenters. The van der Waals surface area contributed by atoms with E-state index in [0.29, 0.717) is 12.4 Å². The third-order valence-electron chi connectivity index (χ3n) is 2.36. The Morgan fingerprint density at radius 1 is 1.17 bits per heavy atom. The van der Waals surface area contributed by atoms with Gasteiger partial charge in [0.1, 0.15) is 0 Å². The first-order valence-corrected chi connectivity index (χ1v) is 5.68. The zero-order chi connectivity index (χ0) is 12.3. The van der Waals surface area contributed by atoms with Crippen LogP contribution < -0.4 is 5.32 Å². The summed E-state index contributed by atoms with van der Waals surface area (Å²) in [7, 11) is 0. The van der Waals surface area contributed by atoms with Crippen molar-refractivity contribution in [3.8, 4) is 0 Å². The normalized spacial score (nSPS) is 10.8. The number of anilines is 1. The summed E-state index contributed by atoms with van der Waals surface area (Å²) in [4.78, 5) is 4.36. The number of nitrogens with zero attached hydrogens (tertiary/aromatic N) is 2. The van der Waals surface area contributed by atoms with Crippen LogP contribution in [0, 0.1) is 0 Å². The minimum absolute atomic E-state index is 0. The molecule has 1 heterocycles. The van der Waals surface area contributed by atoms with Crippen LogP contribution in [-0.4, -0.2) is 10.1 Å². The fraction of sp³-hybridized carbons (Fsp3) is 0.385. The molecule has 1 aromatic heterocycles. The van der Waals surface area contributed by atoms with Crippen molar-refractivity contribution in [3.05, 3.63) is 42.0 Å². The second-order valence-electron chi connectivity index (χ2n) is 4.98. The molecule has 0 atom stereocenters. The van der Waals surface area contributed by atoms with Crippen molar-refractivity contribution in [1.29, 1.82) is 0 Å². The average molecular weight is 268 g/mol. The maximum atomic E-state index is 5.19. The Labute approximate surface area is 113 Å². The maximum absolute atomic E-state index is 5.19. The average Bonchev–Trinajstić information content (AvgIpc) is 2.76. The van der Waals surface area contributed by atoms with Gasteiger partial charge in [-0.1, -0.05) is 44.1 Å². The van der Waals surface area contributed by atoms with Crippen molar-refractivity contribution in [1.82, 2.24) is 10.1 Å². The van der Waals surface area contributed by atoms with E-state index in [-0.39, 0.29) is 17.8 Å². The molecule has 0 aliphatic rings. The summed E-state index contributed by atoms with van der Waals surface area (Å²) in [6, 6.07) is 9.95. The zero-order valence-corrected chi connectivity index (χ0v) is 11.6. The fourth-order valence-electron chi connectivity index (χ4n) is 1.36. The Balaban J connectivity index is 0.00000162. The van der Waals surface area contributed by atoms with E-state index in [1.165, 1.54) is 0 Å². The summed E-state index contributed by atoms with van der Waals surface area (Å²) in [6.45, 7) is 6.73. The third kappa shape index (κ3) is 3.74. The fourth-order valence-corrected chi connectivity index (χ4v) is 1.36. The van der Waals surface area contributed by atoms with Crippen LogP contribution in [0.15, 0.2) is 34.9 Å². The van der Waals surface area contributed by atoms with Gasteiger partial charge in [0.25, 0.3) is 0 Å². The Hall–Kier alpha value is -1.55. The van der Waals surface area contributed by atoms with Crippen LogP contribution in [0.25, 0.3) is 0 Å². The first-order valence-electron chi connectivity index (χ1n) is 5.68. The molecule has 0 amide bonds. The lowest BCUT2D eigenvalue weighted by Crippen LogP contribution is -2.13. The number of rotatable bonds is 3. The highest BCUT2D eigenvalue weighted by atomic mass is 35.5. The van der Waals surface area contributed by atoms with Crippen LogP contribution >= 0.6 is 12.4 Å². The summed E-state index contributed by atoms with van der Waals surface area (Å²) in [5.41, 5.74) is 0.970. The lowest BCUT2D eigenvalue weighted by molar-refractivity contribution is 0.367. The van der Waals surface area contributed by atoms with E-state index in [4.69, 9.17) is 4.52 Å². The number of halogens is 1. The minimum atomic E-state index is -0.0749. The molecule has 0 fully saturated rings. The second kappa shape index (κ2) is 5.87. The van der Waals surface area contributed by atoms with Crippen molar-refractivity contribution in [2.45, 2.75) is 32.7 Å². The van der Waals surface area contributed by atoms with Gasteiger partial charge in [0.05, 0.1) is 6.54 Å². The number of para-hydroxylation sites is 1. The van der Waals surface area contributed by atoms with E-state index in [2.05, 4.69) is 36.2 Å². The van der Waals surface area contributed by atoms with E-state index >= 15 is 0 Å². The summed E-state index contributed by atoms with van der Waals surface area (Å²) >= 11 is 0. The van der Waals surface area contributed by atoms with Crippen LogP contribution in [-0.2, 0) is 12.0 Å². The second-order valence-corrected chi connectivity index (χ2v) is 4.98. The molecule has 2 rings (SSSR count). The molecule has 5 heteroatoms. The van der Waals surface area contributed by atoms with Crippen LogP contribution in [0.5, 0.6) is 0 Å². The number of aromatic nitrogens is 2. The molecule has 0 spiro atoms. The lowest BCUT2D eigenvalue weighted by atomic mass is 9.96. The highest BCUT2D eigenvalue weighted by molar-refractivity contribution is 5.85. The first-order chi connectivity index (χ1) is 8.05. The number of benzene rings is 1. The van der Waals surface area contributed by atoms with Crippen LogP contribution in [0.2, 0.25) is 0 Å². The number of nitrogens with one attached hydrogen (secondary N) is 1. The molecule has 0 aliphatic heterocycles. The summed E-state index contributed by atoms with van der Waals surface area (Å²) in [5.74, 6) is 1.35. The van der Waals surface area contributed by atoms with Crippen LogP contribution in [0.4, 0.5) is 5.69 Å². The van der Waals surface area contributed by atoms with Gasteiger partial charge in [-0.05, 0) is 12.1 Å². The monoisotopic (exact) mass is 267 g/mol. The highest BCUT2D eigenvalue weighted by Gasteiger charge is 2.20. The van der Waals surface area contributed by atoms with Gasteiger partial charge in [0.2, 0.25) is 5.89 Å². The quantitative estimate of drug-likeness (QED) is 0.926. The summed E-state index contributed by atoms with van der Waals surface area (Å²) < 4.78 is 5.19. The van der Waals surface area contributed by atoms with Gasteiger partial charge in [0, 0.05) is 11.1 Å². The highest BCUT2D eigenvalue weighted by Crippen LogP contribution is 2.18. The molecule has 18 heavy (non-hydrogen) atoms. The Kier molecular flexibility index (Phi) is 4.73. The van der Waals surface area contributed by atoms with Crippen LogP contribution in [0.3, 0.4) is 0 Å². The topological polar surface area (TPSA) is 51.0 Å². The van der Waals surface area contributed by atoms with Gasteiger partial charge >= 0.3 is 0 Å². The standard InChI is InChI=1S/C13H17N3O.ClH/c1-13(2,3)12-15-11(17-16-12)9-14-10-7-5-4-6-8-10;/h4-8,14H,9H2,1-3H3;1H. The van der Waals surface area contributed by atoms with E-state index in [0.717, 1.165) is 11.5 Å². The smallest absolute Gasteiger partial charge is 0.245 e. The summed E-state index contributed by atoms with van der Waals surface area (Å²) in [6.07, 6.45) is 0. The minimum Gasteiger partial charge on any atom is -0.376 e. The van der Waals surface area contributed by atoms with Crippen molar-refractivity contribution in [3.63, 3.8) is 0 Å². The van der Waals surface area contributed by atoms with E-state index in [9.17, 15) is 0 Å². The maximum Gasteiger partial charge on any atom is 0.245 e. The van der Waals surface area contributed by atoms with Crippen LogP contribution in [0.1, 0.15) is 32.5 Å². The molecule has 0 radical (unpaired) electrons. The SMILES string of the molecule is CC(C)(C)c1noc(CNc2ccccc2)n1.Cl. The summed E-state index contributed by atoms with van der Waals surface area (Å²) in [5, 5.41) is 7.20. The van der Waals surface area contributed by atoms with Crippen molar-refractivity contribution in [2.75, 3.05) is 5.32 Å². The molecule has 0 bridgehead atoms. The van der Waals surface area contributed by atoms with Crippen molar-refractivity contribution in [2.24, 2.45) is 0 Å². The first kappa shape index (κ1) is 14.5. The van der Waals surface area contributed by atoms with Crippen molar-refractivity contribution >= 4 is 18.1 Å². The molecular formula is C13H18ClN3O. The van der Waals surface area contributed by atoms with Gasteiger partial charge < -0.3 is 9.84 Å². The molecule has 1 aromatic carbocycles. The van der Waals surface area contributed by atoms with E-state index in [1.54, 1.807) is 0 Å². The van der Waals surface area contributed by atoms with Gasteiger partial charge in [-0.3, -0.25) is 0 Å². The molecular weight excluding hydrogens is 250 g/mol. The molecule has 98 valence electrons. The van der Waals surface area contributed by atoms with Gasteiger partial charge in [-0.25, -0.2) is 0 Å². The predicted molar refractivity (Wildman–Crippen MR) is 74.0 cm³/mol. The number of hydrogen-bond acceptors (Lipinski definition) is 4. The third-order valence-corrected chi connectivity index (χ3v) is 2.36. The molecule has 0 saturated heterocycles. The largest absolute Gasteiger partial charge is 0.376 e. The Morgan fingerprint density at radius 3 is 2.39 bits per heavy atom. The Morgan fingerprint density at radius 2 is 1.83 bits per heavy atom. The molecule has 4 nitrogen and oxygen atoms in total. The predicted octanol–water partition coefficient (Wildman–Crippen LogP) is 3.40. The Bertz CT molecular complexity index is 476. The van der Waals surface area contributed by atoms with Gasteiger partial charge in [-0.2, -0.15) is 4.98 Å². The number of hydrogen-bond donors (Lipinski definition) is 1. The molecule has 0 saturated carbocycles. The zero-order valence-electron chi connectivity index (χ0n) is 10.8. The molecule has 2 aromatic rings. The van der Waals surface area contributed by atoms with E-state index < -0.39 is 0 Å². The van der Waals surface area contributed by atoms with Gasteiger partial charge in [-0.15, -0.1) is 12.4 Å².